The zero-order valence-corrected chi connectivity index (χ0v) is 7.60. The van der Waals surface area contributed by atoms with Crippen molar-refractivity contribution in [1.29, 1.82) is 0 Å². The second-order valence-corrected chi connectivity index (χ2v) is 4.39. The Balaban J connectivity index is 4.27. The summed E-state index contributed by atoms with van der Waals surface area (Å²) in [6, 6.07) is 0. The van der Waals surface area contributed by atoms with Gasteiger partial charge in [-0.2, -0.15) is 0 Å². The van der Waals surface area contributed by atoms with Gasteiger partial charge in [-0.25, -0.2) is 12.7 Å². The molecule has 0 atom stereocenters. The number of carbonyl (C=O) groups is 1. The number of nitrogens with zero attached hydrogens (tertiary/aromatic N) is 1. The van der Waals surface area contributed by atoms with Gasteiger partial charge in [0.05, 0.1) is 0 Å². The standard InChI is InChI=1S/C5H12N2O3S/c1-6-5(8)4-11(9,10)7(2)3/h4H2,1-3H3,(H,6,8). The fraction of sp³-hybridized carbons (Fsp3) is 0.800. The van der Waals surface area contributed by atoms with E-state index >= 15 is 0 Å². The van der Waals surface area contributed by atoms with Crippen LogP contribution in [0.2, 0.25) is 0 Å². The molecule has 0 radical (unpaired) electrons. The molecule has 0 rings (SSSR count). The first-order valence-corrected chi connectivity index (χ1v) is 4.62. The van der Waals surface area contributed by atoms with Gasteiger partial charge in [0.2, 0.25) is 15.9 Å². The van der Waals surface area contributed by atoms with Crippen molar-refractivity contribution in [2.45, 2.75) is 0 Å². The van der Waals surface area contributed by atoms with E-state index in [0.717, 1.165) is 4.31 Å². The molecule has 0 aliphatic rings. The summed E-state index contributed by atoms with van der Waals surface area (Å²) in [5, 5.41) is 2.23. The molecule has 1 N–H and O–H groups in total. The maximum Gasteiger partial charge on any atom is 0.236 e. The van der Waals surface area contributed by atoms with E-state index in [4.69, 9.17) is 0 Å². The molecule has 0 fully saturated rings. The first-order valence-electron chi connectivity index (χ1n) is 3.01. The Hall–Kier alpha value is -0.620. The molecule has 0 aliphatic carbocycles. The van der Waals surface area contributed by atoms with Gasteiger partial charge in [-0.1, -0.05) is 0 Å². The summed E-state index contributed by atoms with van der Waals surface area (Å²) in [7, 11) is 0.782. The fourth-order valence-electron chi connectivity index (χ4n) is 0.367. The van der Waals surface area contributed by atoms with Crippen molar-refractivity contribution in [3.63, 3.8) is 0 Å². The highest BCUT2D eigenvalue weighted by Gasteiger charge is 2.17. The van der Waals surface area contributed by atoms with Gasteiger partial charge in [0.25, 0.3) is 0 Å². The molecule has 11 heavy (non-hydrogen) atoms. The molecule has 0 heterocycles. The third-order valence-electron chi connectivity index (χ3n) is 1.15. The van der Waals surface area contributed by atoms with Gasteiger partial charge in [-0.3, -0.25) is 4.79 Å². The summed E-state index contributed by atoms with van der Waals surface area (Å²) in [5.74, 6) is -0.991. The van der Waals surface area contributed by atoms with E-state index in [0.29, 0.717) is 0 Å². The van der Waals surface area contributed by atoms with E-state index in [9.17, 15) is 13.2 Å². The Morgan fingerprint density at radius 3 is 2.18 bits per heavy atom. The van der Waals surface area contributed by atoms with Gasteiger partial charge < -0.3 is 5.32 Å². The second kappa shape index (κ2) is 3.68. The van der Waals surface area contributed by atoms with Gasteiger partial charge in [-0.15, -0.1) is 0 Å². The largest absolute Gasteiger partial charge is 0.358 e. The lowest BCUT2D eigenvalue weighted by Crippen LogP contribution is -2.34. The Labute approximate surface area is 66.4 Å². The van der Waals surface area contributed by atoms with Gasteiger partial charge in [0, 0.05) is 21.1 Å². The number of rotatable bonds is 3. The van der Waals surface area contributed by atoms with E-state index in [1.807, 2.05) is 0 Å². The summed E-state index contributed by atoms with van der Waals surface area (Å²) in [5.41, 5.74) is 0. The summed E-state index contributed by atoms with van der Waals surface area (Å²) >= 11 is 0. The van der Waals surface area contributed by atoms with Gasteiger partial charge in [0.1, 0.15) is 5.75 Å². The molecule has 0 aromatic carbocycles. The van der Waals surface area contributed by atoms with Crippen molar-refractivity contribution in [1.82, 2.24) is 9.62 Å². The highest BCUT2D eigenvalue weighted by molar-refractivity contribution is 7.89. The minimum atomic E-state index is -3.39. The Morgan fingerprint density at radius 1 is 1.45 bits per heavy atom. The van der Waals surface area contributed by atoms with Crippen molar-refractivity contribution < 1.29 is 13.2 Å². The number of nitrogens with one attached hydrogen (secondary N) is 1. The van der Waals surface area contributed by atoms with Crippen molar-refractivity contribution in [2.24, 2.45) is 0 Å². The van der Waals surface area contributed by atoms with Crippen LogP contribution in [0.1, 0.15) is 0 Å². The second-order valence-electron chi connectivity index (χ2n) is 2.21. The van der Waals surface area contributed by atoms with Gasteiger partial charge in [-0.05, 0) is 0 Å². The summed E-state index contributed by atoms with van der Waals surface area (Å²) in [6.45, 7) is 0. The highest BCUT2D eigenvalue weighted by atomic mass is 32.2. The highest BCUT2D eigenvalue weighted by Crippen LogP contribution is 1.92. The molecule has 5 nitrogen and oxygen atoms in total. The van der Waals surface area contributed by atoms with E-state index < -0.39 is 21.7 Å². The maximum atomic E-state index is 11.0. The van der Waals surface area contributed by atoms with Crippen LogP contribution < -0.4 is 5.32 Å². The van der Waals surface area contributed by atoms with Gasteiger partial charge >= 0.3 is 0 Å². The summed E-state index contributed by atoms with van der Waals surface area (Å²) in [6.07, 6.45) is 0. The third-order valence-corrected chi connectivity index (χ3v) is 2.89. The molecule has 6 heteroatoms. The molecule has 0 aliphatic heterocycles. The predicted octanol–water partition coefficient (Wildman–Crippen LogP) is -1.38. The molecule has 0 aromatic heterocycles. The van der Waals surface area contributed by atoms with Crippen LogP contribution in [0.5, 0.6) is 0 Å². The van der Waals surface area contributed by atoms with Crippen LogP contribution in [0.3, 0.4) is 0 Å². The van der Waals surface area contributed by atoms with Crippen LogP contribution in [0.4, 0.5) is 0 Å². The first-order chi connectivity index (χ1) is 4.90. The molecule has 0 aromatic rings. The van der Waals surface area contributed by atoms with E-state index in [-0.39, 0.29) is 0 Å². The van der Waals surface area contributed by atoms with E-state index in [2.05, 4.69) is 5.32 Å². The Bertz CT molecular complexity index is 232. The number of hydrogen-bond donors (Lipinski definition) is 1. The van der Waals surface area contributed by atoms with Crippen molar-refractivity contribution in [3.05, 3.63) is 0 Å². The number of amides is 1. The van der Waals surface area contributed by atoms with Crippen molar-refractivity contribution in [3.8, 4) is 0 Å². The van der Waals surface area contributed by atoms with E-state index in [1.165, 1.54) is 21.1 Å². The molecule has 0 saturated heterocycles. The molecule has 0 unspecified atom stereocenters. The first kappa shape index (κ1) is 10.4. The molecule has 1 amide bonds. The minimum Gasteiger partial charge on any atom is -0.358 e. The molecular weight excluding hydrogens is 168 g/mol. The van der Waals surface area contributed by atoms with Crippen LogP contribution in [-0.2, 0) is 14.8 Å². The lowest BCUT2D eigenvalue weighted by molar-refractivity contribution is -0.118. The van der Waals surface area contributed by atoms with Crippen LogP contribution in [0.25, 0.3) is 0 Å². The average molecular weight is 180 g/mol. The average Bonchev–Trinajstić information content (AvgIpc) is 1.86. The Morgan fingerprint density at radius 2 is 1.91 bits per heavy atom. The van der Waals surface area contributed by atoms with Crippen LogP contribution in [0.15, 0.2) is 0 Å². The topological polar surface area (TPSA) is 66.5 Å². The zero-order valence-electron chi connectivity index (χ0n) is 6.79. The molecular formula is C5H12N2O3S. The molecule has 0 saturated carbocycles. The smallest absolute Gasteiger partial charge is 0.236 e. The molecule has 0 bridgehead atoms. The summed E-state index contributed by atoms with van der Waals surface area (Å²) in [4.78, 5) is 10.6. The van der Waals surface area contributed by atoms with Crippen LogP contribution in [0, 0.1) is 0 Å². The molecule has 66 valence electrons. The lowest BCUT2D eigenvalue weighted by Gasteiger charge is -2.09. The monoisotopic (exact) mass is 180 g/mol. The number of carbonyl (C=O) groups excluding carboxylic acids is 1. The normalized spacial score (nSPS) is 11.6. The maximum absolute atomic E-state index is 11.0. The SMILES string of the molecule is CNC(=O)CS(=O)(=O)N(C)C. The van der Waals surface area contributed by atoms with E-state index in [1.54, 1.807) is 0 Å². The minimum absolute atomic E-state index is 0.490. The zero-order chi connectivity index (χ0) is 9.07. The summed E-state index contributed by atoms with van der Waals surface area (Å²) < 4.78 is 22.9. The van der Waals surface area contributed by atoms with Crippen molar-refractivity contribution >= 4 is 15.9 Å². The number of hydrogen-bond acceptors (Lipinski definition) is 3. The fourth-order valence-corrected chi connectivity index (χ4v) is 1.10. The van der Waals surface area contributed by atoms with Crippen LogP contribution >= 0.6 is 0 Å². The third kappa shape index (κ3) is 3.33. The predicted molar refractivity (Wildman–Crippen MR) is 41.5 cm³/mol. The molecule has 0 spiro atoms. The lowest BCUT2D eigenvalue weighted by atomic mass is 10.7. The van der Waals surface area contributed by atoms with Gasteiger partial charge in [0.15, 0.2) is 0 Å². The van der Waals surface area contributed by atoms with Crippen LogP contribution in [-0.4, -0.2) is 45.5 Å². The number of sulfonamides is 1. The Kier molecular flexibility index (Phi) is 3.47. The van der Waals surface area contributed by atoms with Crippen molar-refractivity contribution in [2.75, 3.05) is 26.9 Å². The quantitative estimate of drug-likeness (QED) is 0.582.